The van der Waals surface area contributed by atoms with Crippen LogP contribution in [0.1, 0.15) is 6.92 Å². The zero-order chi connectivity index (χ0) is 16.6. The van der Waals surface area contributed by atoms with Crippen molar-refractivity contribution in [3.63, 3.8) is 0 Å². The van der Waals surface area contributed by atoms with E-state index in [9.17, 15) is 14.4 Å². The molecular weight excluding hydrogens is 298 g/mol. The number of rotatable bonds is 3. The van der Waals surface area contributed by atoms with Crippen LogP contribution in [0, 0.1) is 11.8 Å². The molecule has 2 bridgehead atoms. The van der Waals surface area contributed by atoms with E-state index in [0.717, 1.165) is 4.90 Å². The summed E-state index contributed by atoms with van der Waals surface area (Å²) < 4.78 is 16.1. The van der Waals surface area contributed by atoms with Gasteiger partial charge in [-0.1, -0.05) is 0 Å². The Morgan fingerprint density at radius 2 is 1.73 bits per heavy atom. The molecule has 3 saturated heterocycles. The minimum atomic E-state index is -0.713. The summed E-state index contributed by atoms with van der Waals surface area (Å²) in [6.07, 6.45) is -2.63. The van der Waals surface area contributed by atoms with Crippen LogP contribution >= 0.6 is 0 Å². The molecule has 6 unspecified atom stereocenters. The molecule has 0 saturated carbocycles. The molecule has 3 rings (SSSR count). The number of nitrogens with zero attached hydrogens (tertiary/aromatic N) is 1. The third kappa shape index (κ3) is 2.13. The Hall–Kier alpha value is -1.84. The van der Waals surface area contributed by atoms with E-state index in [4.69, 9.17) is 24.1 Å². The van der Waals surface area contributed by atoms with Crippen molar-refractivity contribution in [1.29, 1.82) is 0 Å². The van der Waals surface area contributed by atoms with E-state index in [1.54, 1.807) is 0 Å². The smallest absolute Gasteiger partial charge is 0.303 e. The number of fused-ring (bicyclic) bond motifs is 5. The molecule has 3 aliphatic heterocycles. The maximum Gasteiger partial charge on any atom is 0.303 e. The van der Waals surface area contributed by atoms with Crippen LogP contribution in [-0.2, 0) is 33.4 Å². The van der Waals surface area contributed by atoms with Gasteiger partial charge in [-0.05, 0) is 0 Å². The summed E-state index contributed by atoms with van der Waals surface area (Å²) in [7, 11) is 1.44. The predicted molar refractivity (Wildman–Crippen MR) is 68.1 cm³/mol. The minimum absolute atomic E-state index is 0.460. The van der Waals surface area contributed by atoms with E-state index >= 15 is 0 Å². The molecule has 22 heavy (non-hydrogen) atoms. The fourth-order valence-electron chi connectivity index (χ4n) is 3.49. The highest BCUT2D eigenvalue weighted by molar-refractivity contribution is 6.06. The number of esters is 1. The molecule has 2 amide bonds. The molecule has 0 radical (unpaired) electrons. The van der Waals surface area contributed by atoms with Crippen LogP contribution in [0.3, 0.4) is 0 Å². The number of imide groups is 1. The first kappa shape index (κ1) is 16.5. The first-order valence-corrected chi connectivity index (χ1v) is 6.61. The lowest BCUT2D eigenvalue weighted by molar-refractivity contribution is -0.159. The van der Waals surface area contributed by atoms with Gasteiger partial charge in [0.05, 0.1) is 11.8 Å². The standard InChI is InChI=1S/C12H15NO7.CH2O/c1-4(15)19-10-8-6-5(7(20-8)9(10)18-2)11(16)13(3-14)12(6)17;1-2/h5-10,14H,3H2,1-2H3;1H2. The van der Waals surface area contributed by atoms with Crippen LogP contribution in [0.25, 0.3) is 0 Å². The molecule has 1 N–H and O–H groups in total. The molecule has 0 aromatic carbocycles. The SMILES string of the molecule is C=O.COC1C(OC(C)=O)C2OC1C1C(=O)N(CO)C(=O)C21. The second-order valence-corrected chi connectivity index (χ2v) is 5.14. The van der Waals surface area contributed by atoms with Crippen LogP contribution in [0.2, 0.25) is 0 Å². The van der Waals surface area contributed by atoms with Gasteiger partial charge in [-0.15, -0.1) is 0 Å². The molecule has 3 heterocycles. The molecule has 0 aliphatic carbocycles. The maximum atomic E-state index is 12.1. The Morgan fingerprint density at radius 3 is 2.14 bits per heavy atom. The van der Waals surface area contributed by atoms with Gasteiger partial charge in [0, 0.05) is 14.0 Å². The Balaban J connectivity index is 0.000000847. The Labute approximate surface area is 126 Å². The zero-order valence-electron chi connectivity index (χ0n) is 12.1. The summed E-state index contributed by atoms with van der Waals surface area (Å²) in [5.41, 5.74) is 0. The van der Waals surface area contributed by atoms with E-state index in [-0.39, 0.29) is 0 Å². The van der Waals surface area contributed by atoms with Crippen molar-refractivity contribution in [2.24, 2.45) is 11.8 Å². The normalized spacial score (nSPS) is 38.6. The van der Waals surface area contributed by atoms with Crippen molar-refractivity contribution in [2.75, 3.05) is 13.8 Å². The number of carbonyl (C=O) groups is 4. The second-order valence-electron chi connectivity index (χ2n) is 5.14. The van der Waals surface area contributed by atoms with Crippen molar-refractivity contribution in [2.45, 2.75) is 31.3 Å². The zero-order valence-corrected chi connectivity index (χ0v) is 12.1. The average molecular weight is 315 g/mol. The number of amides is 2. The highest BCUT2D eigenvalue weighted by atomic mass is 16.6. The highest BCUT2D eigenvalue weighted by Crippen LogP contribution is 2.50. The fourth-order valence-corrected chi connectivity index (χ4v) is 3.49. The molecule has 0 aromatic heterocycles. The third-order valence-electron chi connectivity index (χ3n) is 4.20. The number of hydrogen-bond acceptors (Lipinski definition) is 8. The Morgan fingerprint density at radius 1 is 1.23 bits per heavy atom. The first-order chi connectivity index (χ1) is 10.5. The summed E-state index contributed by atoms with van der Waals surface area (Å²) in [5.74, 6) is -2.83. The fraction of sp³-hybridized carbons (Fsp3) is 0.692. The number of likely N-dealkylation sites (tertiary alicyclic amines) is 1. The summed E-state index contributed by atoms with van der Waals surface area (Å²) in [4.78, 5) is 44.2. The number of hydrogen-bond donors (Lipinski definition) is 1. The lowest BCUT2D eigenvalue weighted by Gasteiger charge is -2.30. The van der Waals surface area contributed by atoms with Gasteiger partial charge in [-0.2, -0.15) is 0 Å². The van der Waals surface area contributed by atoms with Gasteiger partial charge < -0.3 is 24.1 Å². The monoisotopic (exact) mass is 315 g/mol. The predicted octanol–water partition coefficient (Wildman–Crippen LogP) is -1.92. The summed E-state index contributed by atoms with van der Waals surface area (Å²) >= 11 is 0. The Kier molecular flexibility index (Phi) is 4.59. The first-order valence-electron chi connectivity index (χ1n) is 6.61. The summed E-state index contributed by atoms with van der Waals surface area (Å²) in [5, 5.41) is 9.12. The largest absolute Gasteiger partial charge is 0.457 e. The summed E-state index contributed by atoms with van der Waals surface area (Å²) in [6, 6.07) is 0. The molecule has 3 fully saturated rings. The van der Waals surface area contributed by atoms with Gasteiger partial charge >= 0.3 is 5.97 Å². The van der Waals surface area contributed by atoms with Crippen LogP contribution in [-0.4, -0.2) is 72.8 Å². The number of aliphatic hydroxyl groups is 1. The van der Waals surface area contributed by atoms with Gasteiger partial charge in [-0.25, -0.2) is 0 Å². The second kappa shape index (κ2) is 6.11. The molecular formula is C13H17NO8. The molecule has 0 spiro atoms. The molecule has 3 aliphatic rings. The lowest BCUT2D eigenvalue weighted by Crippen LogP contribution is -2.50. The molecule has 9 heteroatoms. The van der Waals surface area contributed by atoms with Gasteiger partial charge in [-0.3, -0.25) is 19.3 Å². The quantitative estimate of drug-likeness (QED) is 0.473. The molecule has 122 valence electrons. The van der Waals surface area contributed by atoms with Crippen LogP contribution in [0.4, 0.5) is 0 Å². The lowest BCUT2D eigenvalue weighted by atomic mass is 9.78. The number of aliphatic hydroxyl groups excluding tert-OH is 1. The van der Waals surface area contributed by atoms with Gasteiger partial charge in [0.2, 0.25) is 11.8 Å². The summed E-state index contributed by atoms with van der Waals surface area (Å²) in [6.45, 7) is 2.61. The van der Waals surface area contributed by atoms with Crippen molar-refractivity contribution in [3.8, 4) is 0 Å². The molecule has 9 nitrogen and oxygen atoms in total. The van der Waals surface area contributed by atoms with Crippen LogP contribution in [0.5, 0.6) is 0 Å². The van der Waals surface area contributed by atoms with E-state index in [1.807, 2.05) is 6.79 Å². The van der Waals surface area contributed by atoms with E-state index in [2.05, 4.69) is 0 Å². The van der Waals surface area contributed by atoms with E-state index < -0.39 is 60.8 Å². The number of methoxy groups -OCH3 is 1. The number of ether oxygens (including phenoxy) is 3. The van der Waals surface area contributed by atoms with Crippen molar-refractivity contribution < 1.29 is 38.5 Å². The van der Waals surface area contributed by atoms with Crippen LogP contribution in [0.15, 0.2) is 0 Å². The van der Waals surface area contributed by atoms with Crippen molar-refractivity contribution in [3.05, 3.63) is 0 Å². The highest BCUT2D eigenvalue weighted by Gasteiger charge is 2.70. The van der Waals surface area contributed by atoms with Crippen LogP contribution < -0.4 is 0 Å². The van der Waals surface area contributed by atoms with E-state index in [1.165, 1.54) is 14.0 Å². The van der Waals surface area contributed by atoms with Gasteiger partial charge in [0.1, 0.15) is 31.8 Å². The van der Waals surface area contributed by atoms with Gasteiger partial charge in [0.25, 0.3) is 0 Å². The Bertz CT molecular complexity index is 494. The third-order valence-corrected chi connectivity index (χ3v) is 4.20. The van der Waals surface area contributed by atoms with Crippen molar-refractivity contribution >= 4 is 24.6 Å². The maximum absolute atomic E-state index is 12.1. The minimum Gasteiger partial charge on any atom is -0.457 e. The van der Waals surface area contributed by atoms with Gasteiger partial charge in [0.15, 0.2) is 6.10 Å². The van der Waals surface area contributed by atoms with Crippen molar-refractivity contribution in [1.82, 2.24) is 4.90 Å². The molecule has 0 aromatic rings. The average Bonchev–Trinajstić information content (AvgIpc) is 3.11. The topological polar surface area (TPSA) is 119 Å². The number of carbonyl (C=O) groups excluding carboxylic acids is 4. The van der Waals surface area contributed by atoms with E-state index in [0.29, 0.717) is 0 Å². The molecule has 6 atom stereocenters.